The summed E-state index contributed by atoms with van der Waals surface area (Å²) in [6, 6.07) is 13.9. The molecule has 0 fully saturated rings. The summed E-state index contributed by atoms with van der Waals surface area (Å²) in [7, 11) is -1.21. The normalized spacial score (nSPS) is 11.4. The molecule has 0 radical (unpaired) electrons. The maximum absolute atomic E-state index is 13.5. The fourth-order valence-corrected chi connectivity index (χ4v) is 5.33. The van der Waals surface area contributed by atoms with Gasteiger partial charge in [-0.15, -0.1) is 0 Å². The van der Waals surface area contributed by atoms with Crippen LogP contribution in [0, 0.1) is 0 Å². The molecule has 0 bridgehead atoms. The molecular formula is C23H20BrCl3N2O5S. The molecule has 12 heteroatoms. The third-order valence-corrected chi connectivity index (χ3v) is 8.23. The first-order chi connectivity index (χ1) is 16.5. The Morgan fingerprint density at radius 3 is 2.17 bits per heavy atom. The van der Waals surface area contributed by atoms with E-state index in [-0.39, 0.29) is 27.9 Å². The Bertz CT molecular complexity index is 1340. The lowest BCUT2D eigenvalue weighted by Gasteiger charge is -2.23. The second-order valence-corrected chi connectivity index (χ2v) is 11.3. The largest absolute Gasteiger partial charge is 0.495 e. The average molecular weight is 623 g/mol. The van der Waals surface area contributed by atoms with Gasteiger partial charge in [0, 0.05) is 23.2 Å². The molecule has 0 aliphatic carbocycles. The molecule has 0 atom stereocenters. The highest BCUT2D eigenvalue weighted by atomic mass is 79.9. The van der Waals surface area contributed by atoms with Gasteiger partial charge in [0.15, 0.2) is 0 Å². The number of hydrogen-bond acceptors (Lipinski definition) is 5. The number of amides is 1. The SMILES string of the molecule is COc1cc(NC(=O)CN(Cc2ccc(Cl)c(Cl)c2)S(=O)(=O)c2ccc(Br)cc2)c(OC)cc1Cl. The van der Waals surface area contributed by atoms with Crippen molar-refractivity contribution in [1.82, 2.24) is 4.31 Å². The van der Waals surface area contributed by atoms with E-state index in [1.54, 1.807) is 30.3 Å². The van der Waals surface area contributed by atoms with E-state index in [4.69, 9.17) is 44.3 Å². The van der Waals surface area contributed by atoms with Crippen molar-refractivity contribution in [3.63, 3.8) is 0 Å². The van der Waals surface area contributed by atoms with Crippen LogP contribution in [0.25, 0.3) is 0 Å². The van der Waals surface area contributed by atoms with Gasteiger partial charge >= 0.3 is 0 Å². The standard InChI is InChI=1S/C23H20BrCl3N2O5S/c1-33-21-11-20(22(34-2)10-19(21)27)28-23(30)13-29(12-14-3-8-17(25)18(26)9-14)35(31,32)16-6-4-15(24)5-7-16/h3-11H,12-13H2,1-2H3,(H,28,30). The predicted molar refractivity (Wildman–Crippen MR) is 141 cm³/mol. The quantitative estimate of drug-likeness (QED) is 0.305. The number of hydrogen-bond donors (Lipinski definition) is 1. The van der Waals surface area contributed by atoms with Crippen molar-refractivity contribution < 1.29 is 22.7 Å². The molecule has 35 heavy (non-hydrogen) atoms. The number of anilines is 1. The molecule has 0 spiro atoms. The van der Waals surface area contributed by atoms with E-state index in [9.17, 15) is 13.2 Å². The van der Waals surface area contributed by atoms with Crippen molar-refractivity contribution >= 4 is 72.4 Å². The number of carbonyl (C=O) groups is 1. The molecule has 7 nitrogen and oxygen atoms in total. The van der Waals surface area contributed by atoms with Crippen molar-refractivity contribution in [1.29, 1.82) is 0 Å². The third-order valence-electron chi connectivity index (χ3n) is 4.86. The minimum atomic E-state index is -4.06. The minimum absolute atomic E-state index is 0.0271. The zero-order valence-corrected chi connectivity index (χ0v) is 23.2. The molecule has 1 amide bonds. The van der Waals surface area contributed by atoms with E-state index in [2.05, 4.69) is 21.2 Å². The lowest BCUT2D eigenvalue weighted by Crippen LogP contribution is -2.37. The molecule has 0 aliphatic heterocycles. The zero-order valence-electron chi connectivity index (χ0n) is 18.5. The molecule has 0 saturated carbocycles. The van der Waals surface area contributed by atoms with Gasteiger partial charge in [0.2, 0.25) is 15.9 Å². The summed E-state index contributed by atoms with van der Waals surface area (Å²) in [6.45, 7) is -0.615. The van der Waals surface area contributed by atoms with Gasteiger partial charge in [-0.1, -0.05) is 56.8 Å². The van der Waals surface area contributed by atoms with Crippen LogP contribution in [-0.4, -0.2) is 39.4 Å². The number of nitrogens with zero attached hydrogens (tertiary/aromatic N) is 1. The topological polar surface area (TPSA) is 84.9 Å². The van der Waals surface area contributed by atoms with Crippen molar-refractivity contribution in [2.24, 2.45) is 0 Å². The van der Waals surface area contributed by atoms with Crippen LogP contribution in [0.15, 0.2) is 64.0 Å². The maximum Gasteiger partial charge on any atom is 0.243 e. The number of benzene rings is 3. The summed E-state index contributed by atoms with van der Waals surface area (Å²) >= 11 is 21.5. The third kappa shape index (κ3) is 6.81. The van der Waals surface area contributed by atoms with Crippen molar-refractivity contribution in [2.45, 2.75) is 11.4 Å². The smallest absolute Gasteiger partial charge is 0.243 e. The van der Waals surface area contributed by atoms with E-state index in [0.29, 0.717) is 25.8 Å². The Hall–Kier alpha value is -2.01. The van der Waals surface area contributed by atoms with Gasteiger partial charge in [-0.3, -0.25) is 4.79 Å². The summed E-state index contributed by atoms with van der Waals surface area (Å²) in [5, 5.41) is 3.57. The van der Waals surface area contributed by atoms with Crippen LogP contribution in [0.1, 0.15) is 5.56 Å². The van der Waals surface area contributed by atoms with Crippen molar-refractivity contribution in [3.8, 4) is 11.5 Å². The summed E-state index contributed by atoms with van der Waals surface area (Å²) in [5.74, 6) is 0.00212. The fraction of sp³-hybridized carbons (Fsp3) is 0.174. The van der Waals surface area contributed by atoms with E-state index < -0.39 is 22.5 Å². The molecule has 186 valence electrons. The Morgan fingerprint density at radius 2 is 1.57 bits per heavy atom. The highest BCUT2D eigenvalue weighted by Gasteiger charge is 2.28. The molecule has 0 saturated heterocycles. The Labute approximate surface area is 227 Å². The first kappa shape index (κ1) is 27.6. The summed E-state index contributed by atoms with van der Waals surface area (Å²) < 4.78 is 39.2. The van der Waals surface area contributed by atoms with Gasteiger partial charge < -0.3 is 14.8 Å². The number of carbonyl (C=O) groups excluding carboxylic acids is 1. The summed E-state index contributed by atoms with van der Waals surface area (Å²) in [5.41, 5.74) is 0.827. The molecule has 3 aromatic rings. The highest BCUT2D eigenvalue weighted by Crippen LogP contribution is 2.36. The highest BCUT2D eigenvalue weighted by molar-refractivity contribution is 9.10. The number of methoxy groups -OCH3 is 2. The number of nitrogens with one attached hydrogen (secondary N) is 1. The van der Waals surface area contributed by atoms with Gasteiger partial charge in [0.25, 0.3) is 0 Å². The van der Waals surface area contributed by atoms with Gasteiger partial charge in [0.05, 0.1) is 46.4 Å². The lowest BCUT2D eigenvalue weighted by molar-refractivity contribution is -0.116. The number of halogens is 4. The Balaban J connectivity index is 1.94. The van der Waals surface area contributed by atoms with E-state index in [1.165, 1.54) is 38.5 Å². The molecule has 3 aromatic carbocycles. The van der Waals surface area contributed by atoms with Crippen LogP contribution < -0.4 is 14.8 Å². The first-order valence-corrected chi connectivity index (χ1v) is 13.3. The maximum atomic E-state index is 13.5. The van der Waals surface area contributed by atoms with Crippen LogP contribution in [-0.2, 0) is 21.4 Å². The second-order valence-electron chi connectivity index (χ2n) is 7.21. The molecule has 0 unspecified atom stereocenters. The molecule has 0 heterocycles. The van der Waals surface area contributed by atoms with E-state index >= 15 is 0 Å². The summed E-state index contributed by atoms with van der Waals surface area (Å²) in [4.78, 5) is 13.0. The molecule has 3 rings (SSSR count). The second kappa shape index (κ2) is 11.8. The minimum Gasteiger partial charge on any atom is -0.495 e. The van der Waals surface area contributed by atoms with Crippen molar-refractivity contribution in [2.75, 3.05) is 26.1 Å². The number of ether oxygens (including phenoxy) is 2. The van der Waals surface area contributed by atoms with E-state index in [0.717, 1.165) is 4.31 Å². The molecule has 1 N–H and O–H groups in total. The van der Waals surface area contributed by atoms with Gasteiger partial charge in [-0.05, 0) is 42.0 Å². The fourth-order valence-electron chi connectivity index (χ4n) is 3.13. The van der Waals surface area contributed by atoms with Crippen LogP contribution in [0.2, 0.25) is 15.1 Å². The monoisotopic (exact) mass is 620 g/mol. The zero-order chi connectivity index (χ0) is 25.8. The lowest BCUT2D eigenvalue weighted by atomic mass is 10.2. The van der Waals surface area contributed by atoms with Gasteiger partial charge in [0.1, 0.15) is 11.5 Å². The van der Waals surface area contributed by atoms with Crippen LogP contribution in [0.4, 0.5) is 5.69 Å². The van der Waals surface area contributed by atoms with Gasteiger partial charge in [-0.2, -0.15) is 4.31 Å². The van der Waals surface area contributed by atoms with Gasteiger partial charge in [-0.25, -0.2) is 8.42 Å². The average Bonchev–Trinajstić information content (AvgIpc) is 2.82. The molecule has 0 aliphatic rings. The number of rotatable bonds is 9. The van der Waals surface area contributed by atoms with Crippen LogP contribution in [0.5, 0.6) is 11.5 Å². The predicted octanol–water partition coefficient (Wildman–Crippen LogP) is 6.26. The van der Waals surface area contributed by atoms with E-state index in [1.807, 2.05) is 0 Å². The van der Waals surface area contributed by atoms with Crippen LogP contribution >= 0.6 is 50.7 Å². The van der Waals surface area contributed by atoms with Crippen molar-refractivity contribution in [3.05, 3.63) is 79.7 Å². The Kier molecular flexibility index (Phi) is 9.31. The molecule has 0 aromatic heterocycles. The Morgan fingerprint density at radius 1 is 0.914 bits per heavy atom. The summed E-state index contributed by atoms with van der Waals surface area (Å²) in [6.07, 6.45) is 0. The molecular weight excluding hydrogens is 603 g/mol. The number of sulfonamides is 1. The first-order valence-electron chi connectivity index (χ1n) is 9.96. The van der Waals surface area contributed by atoms with Crippen LogP contribution in [0.3, 0.4) is 0 Å².